The SMILES string of the molecule is CC(C)C1NC(c2ccsc2)N(C2CCCC2)C1=O. The van der Waals surface area contributed by atoms with E-state index in [0.29, 0.717) is 17.9 Å². The van der Waals surface area contributed by atoms with Gasteiger partial charge in [-0.3, -0.25) is 10.1 Å². The van der Waals surface area contributed by atoms with Crippen LogP contribution in [0, 0.1) is 5.92 Å². The quantitative estimate of drug-likeness (QED) is 0.921. The summed E-state index contributed by atoms with van der Waals surface area (Å²) < 4.78 is 0. The van der Waals surface area contributed by atoms with E-state index in [4.69, 9.17) is 0 Å². The van der Waals surface area contributed by atoms with Crippen molar-refractivity contribution in [2.45, 2.75) is 57.8 Å². The van der Waals surface area contributed by atoms with Gasteiger partial charge < -0.3 is 4.90 Å². The highest BCUT2D eigenvalue weighted by molar-refractivity contribution is 7.07. The van der Waals surface area contributed by atoms with E-state index in [9.17, 15) is 4.79 Å². The summed E-state index contributed by atoms with van der Waals surface area (Å²) in [7, 11) is 0. The zero-order valence-electron chi connectivity index (χ0n) is 11.6. The monoisotopic (exact) mass is 278 g/mol. The van der Waals surface area contributed by atoms with Crippen LogP contribution >= 0.6 is 11.3 Å². The van der Waals surface area contributed by atoms with Crippen molar-refractivity contribution in [1.82, 2.24) is 10.2 Å². The Kier molecular flexibility index (Phi) is 3.63. The van der Waals surface area contributed by atoms with Crippen molar-refractivity contribution in [3.05, 3.63) is 22.4 Å². The molecule has 2 atom stereocenters. The van der Waals surface area contributed by atoms with Gasteiger partial charge in [0.2, 0.25) is 5.91 Å². The average Bonchev–Trinajstić information content (AvgIpc) is 3.07. The molecule has 104 valence electrons. The third-order valence-corrected chi connectivity index (χ3v) is 5.08. The molecule has 2 heterocycles. The Morgan fingerprint density at radius 3 is 2.68 bits per heavy atom. The first-order valence-corrected chi connectivity index (χ1v) is 8.23. The molecule has 1 aliphatic heterocycles. The standard InChI is InChI=1S/C15H22N2OS/c1-10(2)13-15(18)17(12-5-3-4-6-12)14(16-13)11-7-8-19-9-11/h7-10,12-14,16H,3-6H2,1-2H3. The number of hydrogen-bond acceptors (Lipinski definition) is 3. The molecule has 1 aromatic heterocycles. The van der Waals surface area contributed by atoms with E-state index in [0.717, 1.165) is 0 Å². The van der Waals surface area contributed by atoms with Crippen LogP contribution in [-0.4, -0.2) is 22.9 Å². The summed E-state index contributed by atoms with van der Waals surface area (Å²) in [5.74, 6) is 0.651. The molecule has 4 heteroatoms. The second-order valence-electron chi connectivity index (χ2n) is 6.03. The Balaban J connectivity index is 1.89. The number of amides is 1. The molecule has 19 heavy (non-hydrogen) atoms. The average molecular weight is 278 g/mol. The minimum atomic E-state index is -0.0227. The maximum absolute atomic E-state index is 12.7. The molecule has 0 radical (unpaired) electrons. The van der Waals surface area contributed by atoms with Gasteiger partial charge in [0, 0.05) is 6.04 Å². The van der Waals surface area contributed by atoms with Crippen molar-refractivity contribution in [2.24, 2.45) is 5.92 Å². The van der Waals surface area contributed by atoms with Crippen molar-refractivity contribution in [2.75, 3.05) is 0 Å². The van der Waals surface area contributed by atoms with Crippen LogP contribution in [0.1, 0.15) is 51.3 Å². The largest absolute Gasteiger partial charge is 0.319 e. The van der Waals surface area contributed by atoms with E-state index < -0.39 is 0 Å². The summed E-state index contributed by atoms with van der Waals surface area (Å²) in [5, 5.41) is 7.81. The smallest absolute Gasteiger partial charge is 0.241 e. The molecule has 1 amide bonds. The van der Waals surface area contributed by atoms with Gasteiger partial charge in [-0.05, 0) is 41.1 Å². The first-order chi connectivity index (χ1) is 9.18. The van der Waals surface area contributed by atoms with Gasteiger partial charge in [0.15, 0.2) is 0 Å². The first kappa shape index (κ1) is 13.1. The highest BCUT2D eigenvalue weighted by Gasteiger charge is 2.44. The summed E-state index contributed by atoms with van der Waals surface area (Å²) in [6.07, 6.45) is 4.95. The van der Waals surface area contributed by atoms with Gasteiger partial charge in [-0.1, -0.05) is 26.7 Å². The third kappa shape index (κ3) is 2.32. The summed E-state index contributed by atoms with van der Waals surface area (Å²) in [6.45, 7) is 4.25. The molecule has 3 nitrogen and oxygen atoms in total. The molecule has 1 N–H and O–H groups in total. The number of hydrogen-bond donors (Lipinski definition) is 1. The summed E-state index contributed by atoms with van der Waals surface area (Å²) in [5.41, 5.74) is 1.24. The predicted molar refractivity (Wildman–Crippen MR) is 77.9 cm³/mol. The Hall–Kier alpha value is -0.870. The maximum atomic E-state index is 12.7. The van der Waals surface area contributed by atoms with Gasteiger partial charge in [-0.25, -0.2) is 0 Å². The van der Waals surface area contributed by atoms with E-state index in [-0.39, 0.29) is 12.2 Å². The van der Waals surface area contributed by atoms with Crippen molar-refractivity contribution < 1.29 is 4.79 Å². The lowest BCUT2D eigenvalue weighted by Crippen LogP contribution is -2.39. The van der Waals surface area contributed by atoms with Gasteiger partial charge in [0.05, 0.1) is 6.04 Å². The summed E-state index contributed by atoms with van der Waals surface area (Å²) >= 11 is 1.70. The molecule has 3 rings (SSSR count). The van der Waals surface area contributed by atoms with Gasteiger partial charge >= 0.3 is 0 Å². The number of nitrogens with one attached hydrogen (secondary N) is 1. The van der Waals surface area contributed by atoms with Crippen molar-refractivity contribution in [1.29, 1.82) is 0 Å². The number of rotatable bonds is 3. The van der Waals surface area contributed by atoms with Crippen LogP contribution in [0.25, 0.3) is 0 Å². The van der Waals surface area contributed by atoms with Gasteiger partial charge in [0.25, 0.3) is 0 Å². The highest BCUT2D eigenvalue weighted by atomic mass is 32.1. The lowest BCUT2D eigenvalue weighted by atomic mass is 10.0. The Morgan fingerprint density at radius 1 is 1.37 bits per heavy atom. The molecular weight excluding hydrogens is 256 g/mol. The minimum Gasteiger partial charge on any atom is -0.319 e. The maximum Gasteiger partial charge on any atom is 0.241 e. The van der Waals surface area contributed by atoms with E-state index in [2.05, 4.69) is 40.9 Å². The fourth-order valence-corrected chi connectivity index (χ4v) is 4.03. The topological polar surface area (TPSA) is 32.3 Å². The van der Waals surface area contributed by atoms with E-state index in [1.54, 1.807) is 11.3 Å². The van der Waals surface area contributed by atoms with Crippen molar-refractivity contribution in [3.63, 3.8) is 0 Å². The van der Waals surface area contributed by atoms with E-state index in [1.165, 1.54) is 31.2 Å². The number of carbonyl (C=O) groups is 1. The van der Waals surface area contributed by atoms with Gasteiger partial charge in [-0.15, -0.1) is 0 Å². The summed E-state index contributed by atoms with van der Waals surface area (Å²) in [6, 6.07) is 2.56. The number of carbonyl (C=O) groups excluding carboxylic acids is 1. The predicted octanol–water partition coefficient (Wildman–Crippen LogP) is 3.15. The van der Waals surface area contributed by atoms with E-state index in [1.807, 2.05) is 0 Å². The first-order valence-electron chi connectivity index (χ1n) is 7.29. The fourth-order valence-electron chi connectivity index (χ4n) is 3.35. The number of nitrogens with zero attached hydrogens (tertiary/aromatic N) is 1. The normalized spacial score (nSPS) is 28.8. The Labute approximate surface area is 119 Å². The molecule has 2 fully saturated rings. The molecule has 0 spiro atoms. The van der Waals surface area contributed by atoms with Crippen LogP contribution < -0.4 is 5.32 Å². The lowest BCUT2D eigenvalue weighted by molar-refractivity contribution is -0.133. The van der Waals surface area contributed by atoms with Crippen LogP contribution in [0.15, 0.2) is 16.8 Å². The molecule has 0 aromatic carbocycles. The van der Waals surface area contributed by atoms with Gasteiger partial charge in [-0.2, -0.15) is 11.3 Å². The van der Waals surface area contributed by atoms with Crippen LogP contribution in [0.3, 0.4) is 0 Å². The molecule has 1 saturated carbocycles. The molecule has 1 saturated heterocycles. The van der Waals surface area contributed by atoms with Crippen LogP contribution in [0.4, 0.5) is 0 Å². The second-order valence-corrected chi connectivity index (χ2v) is 6.81. The van der Waals surface area contributed by atoms with E-state index >= 15 is 0 Å². The number of thiophene rings is 1. The fraction of sp³-hybridized carbons (Fsp3) is 0.667. The minimum absolute atomic E-state index is 0.0227. The molecule has 2 unspecified atom stereocenters. The molecule has 2 aliphatic rings. The summed E-state index contributed by atoms with van der Waals surface area (Å²) in [4.78, 5) is 14.8. The van der Waals surface area contributed by atoms with Crippen LogP contribution in [-0.2, 0) is 4.79 Å². The van der Waals surface area contributed by atoms with Crippen molar-refractivity contribution in [3.8, 4) is 0 Å². The third-order valence-electron chi connectivity index (χ3n) is 4.38. The molecule has 1 aromatic rings. The van der Waals surface area contributed by atoms with Crippen LogP contribution in [0.2, 0.25) is 0 Å². The van der Waals surface area contributed by atoms with Gasteiger partial charge in [0.1, 0.15) is 6.17 Å². The second kappa shape index (κ2) is 5.25. The zero-order valence-corrected chi connectivity index (χ0v) is 12.5. The Morgan fingerprint density at radius 2 is 2.11 bits per heavy atom. The molecule has 1 aliphatic carbocycles. The molecule has 0 bridgehead atoms. The zero-order chi connectivity index (χ0) is 13.4. The van der Waals surface area contributed by atoms with Crippen molar-refractivity contribution >= 4 is 17.2 Å². The Bertz CT molecular complexity index is 437. The van der Waals surface area contributed by atoms with Crippen LogP contribution in [0.5, 0.6) is 0 Å². The lowest BCUT2D eigenvalue weighted by Gasteiger charge is -2.29. The highest BCUT2D eigenvalue weighted by Crippen LogP contribution is 2.36. The molecular formula is C15H22N2OS.